The molecule has 254 valence electrons. The van der Waals surface area contributed by atoms with E-state index in [2.05, 4.69) is 21.5 Å². The zero-order valence-electron chi connectivity index (χ0n) is 27.5. The second kappa shape index (κ2) is 12.2. The number of nitrogens with one attached hydrogen (secondary N) is 2. The van der Waals surface area contributed by atoms with Crippen LogP contribution >= 0.6 is 11.9 Å². The van der Waals surface area contributed by atoms with Crippen LogP contribution in [0.3, 0.4) is 0 Å². The molecule has 1 aromatic heterocycles. The highest BCUT2D eigenvalue weighted by atomic mass is 32.2. The molecule has 1 saturated carbocycles. The Balaban J connectivity index is 0.000000934. The summed E-state index contributed by atoms with van der Waals surface area (Å²) in [6.45, 7) is 11.6. The molecular weight excluding hydrogens is 638 g/mol. The number of ketones is 1. The van der Waals surface area contributed by atoms with Crippen LogP contribution in [0.15, 0.2) is 53.6 Å². The highest BCUT2D eigenvalue weighted by molar-refractivity contribution is 7.97. The van der Waals surface area contributed by atoms with Crippen molar-refractivity contribution in [2.45, 2.75) is 69.4 Å². The summed E-state index contributed by atoms with van der Waals surface area (Å²) in [5.41, 5.74) is -2.74. The maximum Gasteiger partial charge on any atom is 0.410 e. The summed E-state index contributed by atoms with van der Waals surface area (Å²) in [6.07, 6.45) is 2.61. The number of carbonyl (C=O) groups is 3. The maximum absolute atomic E-state index is 14.1. The molecule has 2 unspecified atom stereocenters. The van der Waals surface area contributed by atoms with Gasteiger partial charge in [0.1, 0.15) is 22.6 Å². The summed E-state index contributed by atoms with van der Waals surface area (Å²) in [6, 6.07) is 12.0. The van der Waals surface area contributed by atoms with Crippen LogP contribution in [-0.4, -0.2) is 73.8 Å². The Morgan fingerprint density at radius 2 is 1.79 bits per heavy atom. The molecule has 2 aliphatic carbocycles. The zero-order chi connectivity index (χ0) is 34.6. The van der Waals surface area contributed by atoms with Crippen molar-refractivity contribution in [3.8, 4) is 5.75 Å². The van der Waals surface area contributed by atoms with Gasteiger partial charge < -0.3 is 29.8 Å². The van der Waals surface area contributed by atoms with Crippen LogP contribution in [0.5, 0.6) is 5.75 Å². The molecule has 4 aliphatic rings. The number of Topliss-reactive ketones (excluding diaryl/α,β-unsaturated/α-hetero) is 1. The molecule has 0 bridgehead atoms. The first kappa shape index (κ1) is 33.5. The number of nitrogens with zero attached hydrogens (tertiary/aromatic N) is 3. The Kier molecular flexibility index (Phi) is 8.54. The van der Waals surface area contributed by atoms with Crippen molar-refractivity contribution < 1.29 is 33.9 Å². The van der Waals surface area contributed by atoms with Gasteiger partial charge in [0.15, 0.2) is 0 Å². The topological polar surface area (TPSA) is 167 Å². The molecule has 3 heterocycles. The molecule has 14 heteroatoms. The zero-order valence-corrected chi connectivity index (χ0v) is 28.3. The number of benzene rings is 2. The monoisotopic (exact) mass is 677 g/mol. The summed E-state index contributed by atoms with van der Waals surface area (Å²) in [7, 11) is 0. The molecular formula is C34H39N5O8S. The summed E-state index contributed by atoms with van der Waals surface area (Å²) < 4.78 is 13.4. The summed E-state index contributed by atoms with van der Waals surface area (Å²) >= 11 is 1.39. The number of para-hydroxylation sites is 1. The first-order valence-corrected chi connectivity index (χ1v) is 16.7. The van der Waals surface area contributed by atoms with E-state index in [-0.39, 0.29) is 34.2 Å². The Labute approximate surface area is 282 Å². The van der Waals surface area contributed by atoms with E-state index in [1.54, 1.807) is 36.1 Å². The lowest BCUT2D eigenvalue weighted by molar-refractivity contribution is -0.388. The number of H-pyrrole nitrogens is 1. The van der Waals surface area contributed by atoms with Crippen molar-refractivity contribution in [3.63, 3.8) is 0 Å². The summed E-state index contributed by atoms with van der Waals surface area (Å²) in [4.78, 5) is 56.4. The molecule has 48 heavy (non-hydrogen) atoms. The molecule has 2 atom stereocenters. The molecule has 0 spiro atoms. The van der Waals surface area contributed by atoms with Crippen LogP contribution in [0, 0.1) is 23.0 Å². The minimum absolute atomic E-state index is 0.110. The minimum Gasteiger partial charge on any atom is -0.454 e. The number of nitro benzene ring substituents is 1. The van der Waals surface area contributed by atoms with Gasteiger partial charge in [-0.3, -0.25) is 19.7 Å². The fraction of sp³-hybridized carbons (Fsp3) is 0.441. The van der Waals surface area contributed by atoms with E-state index in [1.807, 2.05) is 20.8 Å². The van der Waals surface area contributed by atoms with Gasteiger partial charge in [0.25, 0.3) is 17.4 Å². The second-order valence-corrected chi connectivity index (χ2v) is 14.7. The Morgan fingerprint density at radius 1 is 1.12 bits per heavy atom. The predicted octanol–water partition coefficient (Wildman–Crippen LogP) is 5.27. The second-order valence-electron chi connectivity index (χ2n) is 13.6. The standard InChI is InChI=1S/C30H31N5O8S.C4H8/c1-17-16-22(44-34-14-12-33(13-15-34)27(38)43-28(2,3)4)31-24(17)26(37)32-29-19-9-5-6-11-21(19)42-30(29,39)23-18(25(29)36)8-7-10-20(23)35(40)41;1-4-2-3-4/h5-11,16,31,39H,12-15H2,1-4H3,(H,32,37);4H,2-3H2,1H3. The number of aromatic nitrogens is 1. The van der Waals surface area contributed by atoms with Crippen LogP contribution in [-0.2, 0) is 16.1 Å². The van der Waals surface area contributed by atoms with E-state index in [0.717, 1.165) is 5.92 Å². The molecule has 2 aromatic carbocycles. The lowest BCUT2D eigenvalue weighted by atomic mass is 9.82. The van der Waals surface area contributed by atoms with Crippen LogP contribution in [0.2, 0.25) is 0 Å². The van der Waals surface area contributed by atoms with Gasteiger partial charge >= 0.3 is 6.09 Å². The van der Waals surface area contributed by atoms with Crippen molar-refractivity contribution >= 4 is 35.4 Å². The first-order valence-electron chi connectivity index (χ1n) is 15.9. The van der Waals surface area contributed by atoms with Gasteiger partial charge in [0.05, 0.1) is 9.95 Å². The third kappa shape index (κ3) is 5.92. The molecule has 2 fully saturated rings. The number of aryl methyl sites for hydroxylation is 1. The number of ether oxygens (including phenoxy) is 2. The largest absolute Gasteiger partial charge is 0.454 e. The Hall–Kier alpha value is -4.40. The van der Waals surface area contributed by atoms with Gasteiger partial charge in [-0.2, -0.15) is 0 Å². The lowest BCUT2D eigenvalue weighted by Crippen LogP contribution is -2.60. The van der Waals surface area contributed by atoms with E-state index >= 15 is 0 Å². The van der Waals surface area contributed by atoms with E-state index in [0.29, 0.717) is 36.8 Å². The van der Waals surface area contributed by atoms with E-state index in [4.69, 9.17) is 9.47 Å². The van der Waals surface area contributed by atoms with Crippen LogP contribution < -0.4 is 10.1 Å². The summed E-state index contributed by atoms with van der Waals surface area (Å²) in [5, 5.41) is 27.4. The number of aromatic amines is 1. The lowest BCUT2D eigenvalue weighted by Gasteiger charge is -2.34. The van der Waals surface area contributed by atoms with Crippen molar-refractivity contribution in [1.82, 2.24) is 19.5 Å². The molecule has 3 N–H and O–H groups in total. The Bertz CT molecular complexity index is 1790. The van der Waals surface area contributed by atoms with Gasteiger partial charge in [-0.05, 0) is 63.3 Å². The first-order chi connectivity index (χ1) is 22.6. The quantitative estimate of drug-likeness (QED) is 0.184. The number of aliphatic hydroxyl groups is 1. The van der Waals surface area contributed by atoms with Crippen molar-refractivity contribution in [3.05, 3.63) is 86.6 Å². The number of rotatable bonds is 5. The average Bonchev–Trinajstić information content (AvgIpc) is 3.61. The third-order valence-corrected chi connectivity index (χ3v) is 9.76. The van der Waals surface area contributed by atoms with Crippen LogP contribution in [0.1, 0.15) is 78.1 Å². The fourth-order valence-corrected chi connectivity index (χ4v) is 7.09. The van der Waals surface area contributed by atoms with Gasteiger partial charge in [0, 0.05) is 43.4 Å². The van der Waals surface area contributed by atoms with Gasteiger partial charge in [0.2, 0.25) is 11.3 Å². The number of hydrogen-bond acceptors (Lipinski definition) is 10. The Morgan fingerprint density at radius 3 is 2.42 bits per heavy atom. The number of fused-ring (bicyclic) bond motifs is 5. The van der Waals surface area contributed by atoms with E-state index < -0.39 is 39.2 Å². The molecule has 2 amide bonds. The van der Waals surface area contributed by atoms with E-state index in [9.17, 15) is 29.6 Å². The van der Waals surface area contributed by atoms with Crippen molar-refractivity contribution in [1.29, 1.82) is 0 Å². The number of carbonyl (C=O) groups excluding carboxylic acids is 3. The third-order valence-electron chi connectivity index (χ3n) is 8.72. The summed E-state index contributed by atoms with van der Waals surface area (Å²) in [5.74, 6) is -2.78. The molecule has 7 rings (SSSR count). The molecule has 3 aromatic rings. The number of nitro groups is 1. The molecule has 2 aliphatic heterocycles. The highest BCUT2D eigenvalue weighted by Crippen LogP contribution is 2.59. The molecule has 13 nitrogen and oxygen atoms in total. The average molecular weight is 678 g/mol. The SMILES string of the molecule is CC1CC1.Cc1cc(SN2CCN(C(=O)OC(C)(C)C)CC2)[nH]c1C(=O)NC12C(=O)c3cccc([N+](=O)[O-])c3C1(O)Oc1ccccc12. The fourth-order valence-electron chi connectivity index (χ4n) is 6.09. The van der Waals surface area contributed by atoms with Gasteiger partial charge in [-0.25, -0.2) is 9.10 Å². The van der Waals surface area contributed by atoms with Crippen LogP contribution in [0.4, 0.5) is 10.5 Å². The maximum atomic E-state index is 14.1. The molecule has 0 radical (unpaired) electrons. The molecule has 1 saturated heterocycles. The van der Waals surface area contributed by atoms with E-state index in [1.165, 1.54) is 49.1 Å². The number of hydrogen-bond donors (Lipinski definition) is 3. The van der Waals surface area contributed by atoms with Gasteiger partial charge in [-0.15, -0.1) is 0 Å². The number of piperazine rings is 1. The van der Waals surface area contributed by atoms with Gasteiger partial charge in [-0.1, -0.05) is 50.1 Å². The predicted molar refractivity (Wildman–Crippen MR) is 177 cm³/mol. The minimum atomic E-state index is -2.56. The van der Waals surface area contributed by atoms with Crippen LogP contribution in [0.25, 0.3) is 0 Å². The number of amides is 2. The smallest absolute Gasteiger partial charge is 0.410 e. The van der Waals surface area contributed by atoms with Crippen molar-refractivity contribution in [2.24, 2.45) is 5.92 Å². The highest BCUT2D eigenvalue weighted by Gasteiger charge is 2.73. The van der Waals surface area contributed by atoms with Crippen molar-refractivity contribution in [2.75, 3.05) is 26.2 Å². The normalized spacial score (nSPS) is 22.9.